The number of amides is 1. The van der Waals surface area contributed by atoms with Gasteiger partial charge in [-0.25, -0.2) is 9.97 Å². The van der Waals surface area contributed by atoms with Gasteiger partial charge in [0.25, 0.3) is 0 Å². The van der Waals surface area contributed by atoms with E-state index in [9.17, 15) is 18.0 Å². The largest absolute Gasteiger partial charge is 0.487 e. The minimum atomic E-state index is -4.73. The number of aromatic nitrogens is 2. The van der Waals surface area contributed by atoms with Crippen LogP contribution < -0.4 is 20.3 Å². The van der Waals surface area contributed by atoms with Crippen LogP contribution in [0.1, 0.15) is 5.69 Å². The highest BCUT2D eigenvalue weighted by Gasteiger charge is 2.40. The van der Waals surface area contributed by atoms with E-state index in [1.807, 2.05) is 0 Å². The van der Waals surface area contributed by atoms with Crippen LogP contribution in [0.25, 0.3) is 11.3 Å². The van der Waals surface area contributed by atoms with Crippen LogP contribution >= 0.6 is 20.8 Å². The second-order valence-corrected chi connectivity index (χ2v) is 7.65. The number of fused-ring (bicyclic) bond motifs is 1. The summed E-state index contributed by atoms with van der Waals surface area (Å²) in [4.78, 5) is 20.3. The van der Waals surface area contributed by atoms with Crippen LogP contribution in [-0.4, -0.2) is 29.5 Å². The summed E-state index contributed by atoms with van der Waals surface area (Å²) in [6, 6.07) is 9.63. The van der Waals surface area contributed by atoms with Crippen LogP contribution in [0.4, 0.5) is 30.4 Å². The summed E-state index contributed by atoms with van der Waals surface area (Å²) in [7, 11) is 2.47. The Bertz CT molecular complexity index is 1160. The van der Waals surface area contributed by atoms with Crippen molar-refractivity contribution in [3.05, 3.63) is 53.3 Å². The fraction of sp³-hybridized carbons (Fsp3) is 0.150. The molecule has 0 aliphatic carbocycles. The number of hydrogen-bond donors (Lipinski definition) is 1. The van der Waals surface area contributed by atoms with Gasteiger partial charge in [0.2, 0.25) is 6.41 Å². The SMILES string of the molecule is O=CNc1cc(N2CCOc3c2cc(-c2cc(Cl)ccc2P)nc3C(F)(F)F)ccn1. The van der Waals surface area contributed by atoms with Crippen LogP contribution in [0.15, 0.2) is 42.6 Å². The van der Waals surface area contributed by atoms with Gasteiger partial charge in [0.1, 0.15) is 12.4 Å². The van der Waals surface area contributed by atoms with Crippen LogP contribution in [0.5, 0.6) is 5.75 Å². The van der Waals surface area contributed by atoms with E-state index in [0.29, 0.717) is 34.5 Å². The van der Waals surface area contributed by atoms with Gasteiger partial charge in [0.05, 0.1) is 17.9 Å². The number of nitrogens with one attached hydrogen (secondary N) is 1. The van der Waals surface area contributed by atoms with Crippen molar-refractivity contribution in [1.29, 1.82) is 0 Å². The predicted octanol–water partition coefficient (Wildman–Crippen LogP) is 4.42. The molecule has 1 aliphatic heterocycles. The number of alkyl halides is 3. The molecule has 6 nitrogen and oxygen atoms in total. The molecular weight excluding hydrogens is 452 g/mol. The summed E-state index contributed by atoms with van der Waals surface area (Å²) >= 11 is 6.07. The first-order valence-corrected chi connectivity index (χ1v) is 9.97. The molecular formula is C20H15ClF3N4O2P. The fourth-order valence-electron chi connectivity index (χ4n) is 3.30. The summed E-state index contributed by atoms with van der Waals surface area (Å²) in [5, 5.41) is 3.46. The first-order valence-electron chi connectivity index (χ1n) is 9.02. The number of carbonyl (C=O) groups excluding carboxylic acids is 1. The Morgan fingerprint density at radius 2 is 2.03 bits per heavy atom. The summed E-state index contributed by atoms with van der Waals surface area (Å²) in [6.45, 7) is 0.323. The van der Waals surface area contributed by atoms with Crippen molar-refractivity contribution in [2.24, 2.45) is 0 Å². The summed E-state index contributed by atoms with van der Waals surface area (Å²) in [5.74, 6) is -0.0792. The van der Waals surface area contributed by atoms with E-state index < -0.39 is 11.9 Å². The van der Waals surface area contributed by atoms with Crippen molar-refractivity contribution >= 4 is 49.7 Å². The van der Waals surface area contributed by atoms with Crippen molar-refractivity contribution < 1.29 is 22.7 Å². The molecule has 0 saturated carbocycles. The van der Waals surface area contributed by atoms with Crippen molar-refractivity contribution in [2.45, 2.75) is 6.18 Å². The highest BCUT2D eigenvalue weighted by atomic mass is 35.5. The van der Waals surface area contributed by atoms with Crippen molar-refractivity contribution in [2.75, 3.05) is 23.4 Å². The monoisotopic (exact) mass is 466 g/mol. The number of ether oxygens (including phenoxy) is 1. The van der Waals surface area contributed by atoms with Gasteiger partial charge in [-0.3, -0.25) is 4.79 Å². The third-order valence-electron chi connectivity index (χ3n) is 4.63. The van der Waals surface area contributed by atoms with E-state index in [0.717, 1.165) is 0 Å². The molecule has 1 unspecified atom stereocenters. The Balaban J connectivity index is 1.93. The highest BCUT2D eigenvalue weighted by Crippen LogP contribution is 2.46. The average molecular weight is 467 g/mol. The lowest BCUT2D eigenvalue weighted by atomic mass is 10.1. The second-order valence-electron chi connectivity index (χ2n) is 6.60. The smallest absolute Gasteiger partial charge is 0.437 e. The molecule has 1 aromatic carbocycles. The third-order valence-corrected chi connectivity index (χ3v) is 5.37. The molecule has 11 heteroatoms. The minimum Gasteiger partial charge on any atom is -0.487 e. The first kappa shape index (κ1) is 21.3. The predicted molar refractivity (Wildman–Crippen MR) is 115 cm³/mol. The van der Waals surface area contributed by atoms with E-state index in [2.05, 4.69) is 24.5 Å². The van der Waals surface area contributed by atoms with E-state index >= 15 is 0 Å². The number of halogens is 4. The molecule has 2 aromatic heterocycles. The molecule has 0 bridgehead atoms. The van der Waals surface area contributed by atoms with E-state index in [4.69, 9.17) is 16.3 Å². The van der Waals surface area contributed by atoms with Gasteiger partial charge in [0, 0.05) is 28.5 Å². The maximum absolute atomic E-state index is 13.9. The van der Waals surface area contributed by atoms with Gasteiger partial charge in [-0.15, -0.1) is 9.24 Å². The lowest BCUT2D eigenvalue weighted by molar-refractivity contribution is -0.142. The molecule has 0 fully saturated rings. The Morgan fingerprint density at radius 3 is 2.77 bits per heavy atom. The molecule has 0 spiro atoms. The van der Waals surface area contributed by atoms with Crippen LogP contribution in [0, 0.1) is 0 Å². The maximum Gasteiger partial charge on any atom is 0.437 e. The van der Waals surface area contributed by atoms with Crippen LogP contribution in [-0.2, 0) is 11.0 Å². The number of anilines is 3. The molecule has 0 saturated heterocycles. The molecule has 1 amide bonds. The quantitative estimate of drug-likeness (QED) is 0.455. The molecule has 0 radical (unpaired) electrons. The maximum atomic E-state index is 13.9. The lowest BCUT2D eigenvalue weighted by Crippen LogP contribution is -2.30. The minimum absolute atomic E-state index is 0.0297. The Kier molecular flexibility index (Phi) is 5.73. The summed E-state index contributed by atoms with van der Waals surface area (Å²) in [6.07, 6.45) is -2.80. The zero-order valence-electron chi connectivity index (χ0n) is 15.8. The normalized spacial score (nSPS) is 13.4. The molecule has 1 aliphatic rings. The number of carbonyl (C=O) groups is 1. The van der Waals surface area contributed by atoms with E-state index in [1.54, 1.807) is 35.2 Å². The number of hydrogen-bond acceptors (Lipinski definition) is 5. The molecule has 1 N–H and O–H groups in total. The average Bonchev–Trinajstić information content (AvgIpc) is 2.74. The van der Waals surface area contributed by atoms with Gasteiger partial charge in [0.15, 0.2) is 11.4 Å². The molecule has 3 aromatic rings. The second kappa shape index (κ2) is 8.32. The standard InChI is InChI=1S/C20H15ClF3N4O2P/c21-11-1-2-16(31)13(7-11)14-9-15-18(19(27-14)20(22,23)24)30-6-5-28(15)12-3-4-25-17(8-12)26-10-29/h1-4,7-10H,5-6,31H2,(H,25,26,29). The van der Waals surface area contributed by atoms with E-state index in [-0.39, 0.29) is 29.6 Å². The van der Waals surface area contributed by atoms with Gasteiger partial charge in [-0.05, 0) is 29.6 Å². The molecule has 4 rings (SSSR count). The first-order chi connectivity index (χ1) is 14.8. The van der Waals surface area contributed by atoms with Crippen molar-refractivity contribution in [1.82, 2.24) is 9.97 Å². The fourth-order valence-corrected chi connectivity index (χ4v) is 3.80. The Morgan fingerprint density at radius 1 is 1.23 bits per heavy atom. The Hall–Kier alpha value is -2.90. The Labute approximate surface area is 182 Å². The molecule has 1 atom stereocenters. The van der Waals surface area contributed by atoms with Gasteiger partial charge >= 0.3 is 6.18 Å². The van der Waals surface area contributed by atoms with Gasteiger partial charge in [-0.1, -0.05) is 17.7 Å². The summed E-state index contributed by atoms with van der Waals surface area (Å²) < 4.78 is 47.1. The topological polar surface area (TPSA) is 67.4 Å². The number of rotatable bonds is 4. The zero-order valence-corrected chi connectivity index (χ0v) is 17.7. The molecule has 31 heavy (non-hydrogen) atoms. The van der Waals surface area contributed by atoms with Crippen LogP contribution in [0.3, 0.4) is 0 Å². The molecule has 3 heterocycles. The summed E-state index contributed by atoms with van der Waals surface area (Å²) in [5.41, 5.74) is 0.195. The lowest BCUT2D eigenvalue weighted by Gasteiger charge is -2.33. The van der Waals surface area contributed by atoms with Crippen molar-refractivity contribution in [3.63, 3.8) is 0 Å². The van der Waals surface area contributed by atoms with Gasteiger partial charge < -0.3 is 15.0 Å². The number of pyridine rings is 2. The number of benzene rings is 1. The molecule has 160 valence electrons. The number of nitrogens with zero attached hydrogens (tertiary/aromatic N) is 3. The van der Waals surface area contributed by atoms with Crippen LogP contribution in [0.2, 0.25) is 5.02 Å². The van der Waals surface area contributed by atoms with Gasteiger partial charge in [-0.2, -0.15) is 13.2 Å². The third kappa shape index (κ3) is 4.29. The highest BCUT2D eigenvalue weighted by molar-refractivity contribution is 7.28. The zero-order chi connectivity index (χ0) is 22.2. The van der Waals surface area contributed by atoms with E-state index in [1.165, 1.54) is 12.3 Å². The van der Waals surface area contributed by atoms with Crippen molar-refractivity contribution in [3.8, 4) is 17.0 Å².